The van der Waals surface area contributed by atoms with Gasteiger partial charge in [-0.05, 0) is 53.8 Å². The van der Waals surface area contributed by atoms with Crippen LogP contribution in [0.5, 0.6) is 17.2 Å². The zero-order valence-corrected chi connectivity index (χ0v) is 20.6. The maximum absolute atomic E-state index is 12.7. The quantitative estimate of drug-likeness (QED) is 0.227. The first-order valence-corrected chi connectivity index (χ1v) is 12.4. The molecule has 0 saturated carbocycles. The Morgan fingerprint density at radius 1 is 0.973 bits per heavy atom. The Morgan fingerprint density at radius 2 is 1.76 bits per heavy atom. The Balaban J connectivity index is 1.56. The Kier molecular flexibility index (Phi) is 8.35. The number of aromatic nitrogens is 1. The van der Waals surface area contributed by atoms with Gasteiger partial charge in [0.25, 0.3) is 0 Å². The number of hydrogen-bond donors (Lipinski definition) is 1. The van der Waals surface area contributed by atoms with Crippen LogP contribution in [-0.2, 0) is 11.2 Å². The van der Waals surface area contributed by atoms with Crippen molar-refractivity contribution < 1.29 is 27.4 Å². The predicted octanol–water partition coefficient (Wildman–Crippen LogP) is 7.73. The van der Waals surface area contributed by atoms with Gasteiger partial charge in [-0.25, -0.2) is 0 Å². The molecule has 9 heteroatoms. The van der Waals surface area contributed by atoms with Crippen LogP contribution in [0, 0.1) is 0 Å². The summed E-state index contributed by atoms with van der Waals surface area (Å²) in [4.78, 5) is 18.0. The van der Waals surface area contributed by atoms with Crippen molar-refractivity contribution >= 4 is 23.4 Å². The molecule has 0 aliphatic heterocycles. The van der Waals surface area contributed by atoms with Crippen molar-refractivity contribution in [2.45, 2.75) is 24.6 Å². The Labute approximate surface area is 216 Å². The molecule has 0 aliphatic carbocycles. The molecule has 0 saturated heterocycles. The molecule has 0 spiro atoms. The number of thioether (sulfide) groups is 1. The number of halogens is 3. The Morgan fingerprint density at radius 3 is 2.46 bits per heavy atom. The lowest BCUT2D eigenvalue weighted by Gasteiger charge is -2.15. The highest BCUT2D eigenvalue weighted by atomic mass is 32.2. The fourth-order valence-electron chi connectivity index (χ4n) is 3.57. The highest BCUT2D eigenvalue weighted by Gasteiger charge is 2.31. The minimum absolute atomic E-state index is 0.139. The van der Waals surface area contributed by atoms with E-state index in [9.17, 15) is 18.0 Å². The number of carbonyl (C=O) groups excluding carboxylic acids is 1. The van der Waals surface area contributed by atoms with Gasteiger partial charge in [-0.15, -0.1) is 24.9 Å². The van der Waals surface area contributed by atoms with Gasteiger partial charge < -0.3 is 14.8 Å². The fourth-order valence-corrected chi connectivity index (χ4v) is 4.23. The molecule has 3 aromatic carbocycles. The van der Waals surface area contributed by atoms with Gasteiger partial charge in [0.05, 0.1) is 6.42 Å². The largest absolute Gasteiger partial charge is 0.573 e. The molecule has 4 rings (SSSR count). The summed E-state index contributed by atoms with van der Waals surface area (Å²) in [6.07, 6.45) is -1.36. The summed E-state index contributed by atoms with van der Waals surface area (Å²) in [5.41, 5.74) is 2.75. The van der Waals surface area contributed by atoms with Crippen molar-refractivity contribution in [2.24, 2.45) is 0 Å². The lowest BCUT2D eigenvalue weighted by Crippen LogP contribution is -2.17. The molecular weight excluding hydrogens is 501 g/mol. The summed E-state index contributed by atoms with van der Waals surface area (Å²) in [5.74, 6) is 0.826. The molecule has 0 bridgehead atoms. The van der Waals surface area contributed by atoms with Gasteiger partial charge in [-0.2, -0.15) is 0 Å². The zero-order valence-electron chi connectivity index (χ0n) is 19.8. The van der Waals surface area contributed by atoms with Crippen molar-refractivity contribution in [3.8, 4) is 28.4 Å². The zero-order chi connectivity index (χ0) is 26.3. The fraction of sp³-hybridized carbons (Fsp3) is 0.143. The van der Waals surface area contributed by atoms with E-state index < -0.39 is 12.1 Å². The molecule has 1 amide bonds. The summed E-state index contributed by atoms with van der Waals surface area (Å²) in [6.45, 7) is 2.08. The number of hydrogen-bond acceptors (Lipinski definition) is 5. The van der Waals surface area contributed by atoms with Crippen molar-refractivity contribution in [3.05, 3.63) is 96.8 Å². The number of benzene rings is 3. The highest BCUT2D eigenvalue weighted by molar-refractivity contribution is 7.99. The van der Waals surface area contributed by atoms with Gasteiger partial charge in [0.2, 0.25) is 5.91 Å². The Hall–Kier alpha value is -3.98. The second-order valence-corrected chi connectivity index (χ2v) is 9.22. The first-order chi connectivity index (χ1) is 17.8. The van der Waals surface area contributed by atoms with E-state index in [1.54, 1.807) is 48.4 Å². The lowest BCUT2D eigenvalue weighted by molar-refractivity contribution is -0.274. The number of pyridine rings is 1. The van der Waals surface area contributed by atoms with E-state index in [0.717, 1.165) is 27.8 Å². The molecule has 0 atom stereocenters. The van der Waals surface area contributed by atoms with Crippen molar-refractivity contribution in [1.82, 2.24) is 4.98 Å². The van der Waals surface area contributed by atoms with Crippen LogP contribution in [0.4, 0.5) is 18.9 Å². The van der Waals surface area contributed by atoms with E-state index in [0.29, 0.717) is 17.0 Å². The van der Waals surface area contributed by atoms with E-state index >= 15 is 0 Å². The van der Waals surface area contributed by atoms with E-state index in [1.807, 2.05) is 30.3 Å². The number of rotatable bonds is 9. The third-order valence-corrected chi connectivity index (χ3v) is 6.00. The van der Waals surface area contributed by atoms with Crippen LogP contribution >= 0.6 is 11.8 Å². The molecule has 0 aliphatic rings. The van der Waals surface area contributed by atoms with Crippen LogP contribution in [0.3, 0.4) is 0 Å². The number of nitrogens with zero attached hydrogens (tertiary/aromatic N) is 1. The van der Waals surface area contributed by atoms with Gasteiger partial charge in [-0.1, -0.05) is 31.2 Å². The molecule has 190 valence electrons. The molecule has 0 radical (unpaired) electrons. The number of anilines is 1. The molecule has 1 N–H and O–H groups in total. The minimum Gasteiger partial charge on any atom is -0.457 e. The number of alkyl halides is 3. The van der Waals surface area contributed by atoms with E-state index in [2.05, 4.69) is 22.0 Å². The summed E-state index contributed by atoms with van der Waals surface area (Å²) >= 11 is 1.73. The Bertz CT molecular complexity index is 1350. The monoisotopic (exact) mass is 524 g/mol. The molecular formula is C28H23F3N2O3S. The van der Waals surface area contributed by atoms with Gasteiger partial charge >= 0.3 is 6.36 Å². The maximum Gasteiger partial charge on any atom is 0.573 e. The second-order valence-electron chi connectivity index (χ2n) is 7.88. The van der Waals surface area contributed by atoms with Gasteiger partial charge in [0.1, 0.15) is 17.2 Å². The summed E-state index contributed by atoms with van der Waals surface area (Å²) in [5, 5.41) is 2.86. The van der Waals surface area contributed by atoms with Crippen LogP contribution in [0.2, 0.25) is 0 Å². The van der Waals surface area contributed by atoms with Gasteiger partial charge in [0.15, 0.2) is 0 Å². The second kappa shape index (κ2) is 11.8. The molecule has 4 aromatic rings. The first kappa shape index (κ1) is 26.1. The van der Waals surface area contributed by atoms with Gasteiger partial charge in [-0.3, -0.25) is 9.78 Å². The van der Waals surface area contributed by atoms with Gasteiger partial charge in [0, 0.05) is 46.2 Å². The SMILES string of the molecule is CCSc1ccc(CC(=O)Nc2ccc(-c3cccnc3)c(Oc3cccc(OC(F)(F)F)c3)c2)cc1. The third-order valence-electron chi connectivity index (χ3n) is 5.10. The van der Waals surface area contributed by atoms with Crippen LogP contribution in [-0.4, -0.2) is 23.0 Å². The summed E-state index contributed by atoms with van der Waals surface area (Å²) in [7, 11) is 0. The van der Waals surface area contributed by atoms with Crippen molar-refractivity contribution in [1.29, 1.82) is 0 Å². The standard InChI is InChI=1S/C28H23F3N2O3S/c1-2-37-24-11-8-19(9-12-24)15-27(34)33-21-10-13-25(20-5-4-14-32-18-20)26(16-21)35-22-6-3-7-23(17-22)36-28(29,30)31/h3-14,16-18H,2,15H2,1H3,(H,33,34). The van der Waals surface area contributed by atoms with Crippen LogP contribution < -0.4 is 14.8 Å². The molecule has 37 heavy (non-hydrogen) atoms. The number of ether oxygens (including phenoxy) is 2. The van der Waals surface area contributed by atoms with E-state index in [1.165, 1.54) is 18.2 Å². The summed E-state index contributed by atoms with van der Waals surface area (Å²) in [6, 6.07) is 21.8. The number of carbonyl (C=O) groups is 1. The summed E-state index contributed by atoms with van der Waals surface area (Å²) < 4.78 is 47.9. The van der Waals surface area contributed by atoms with Crippen LogP contribution in [0.25, 0.3) is 11.1 Å². The van der Waals surface area contributed by atoms with E-state index in [4.69, 9.17) is 4.74 Å². The molecule has 1 aromatic heterocycles. The topological polar surface area (TPSA) is 60.5 Å². The lowest BCUT2D eigenvalue weighted by atomic mass is 10.1. The average Bonchev–Trinajstić information content (AvgIpc) is 2.85. The smallest absolute Gasteiger partial charge is 0.457 e. The van der Waals surface area contributed by atoms with Crippen molar-refractivity contribution in [2.75, 3.05) is 11.1 Å². The normalized spacial score (nSPS) is 11.1. The average molecular weight is 525 g/mol. The predicted molar refractivity (Wildman–Crippen MR) is 138 cm³/mol. The maximum atomic E-state index is 12.7. The third kappa shape index (κ3) is 7.75. The first-order valence-electron chi connectivity index (χ1n) is 11.4. The molecule has 5 nitrogen and oxygen atoms in total. The molecule has 0 unspecified atom stereocenters. The van der Waals surface area contributed by atoms with Crippen molar-refractivity contribution in [3.63, 3.8) is 0 Å². The van der Waals surface area contributed by atoms with E-state index in [-0.39, 0.29) is 18.1 Å². The number of amides is 1. The van der Waals surface area contributed by atoms with Crippen LogP contribution in [0.15, 0.2) is 96.2 Å². The van der Waals surface area contributed by atoms with Crippen LogP contribution in [0.1, 0.15) is 12.5 Å². The molecule has 0 fully saturated rings. The minimum atomic E-state index is -4.82. The molecule has 1 heterocycles. The number of nitrogens with one attached hydrogen (secondary N) is 1. The highest BCUT2D eigenvalue weighted by Crippen LogP contribution is 2.37.